The molecule has 1 aromatic heterocycles. The third-order valence-electron chi connectivity index (χ3n) is 4.07. The predicted molar refractivity (Wildman–Crippen MR) is 75.7 cm³/mol. The normalized spacial score (nSPS) is 21.2. The summed E-state index contributed by atoms with van der Waals surface area (Å²) in [7, 11) is 0. The summed E-state index contributed by atoms with van der Waals surface area (Å²) in [6.45, 7) is 2.28. The van der Waals surface area contributed by atoms with Gasteiger partial charge in [-0.05, 0) is 12.8 Å². The summed E-state index contributed by atoms with van der Waals surface area (Å²) in [5.74, 6) is -1.27. The van der Waals surface area contributed by atoms with Crippen LogP contribution >= 0.6 is 0 Å². The molecular formula is C15H18N2O5. The van der Waals surface area contributed by atoms with Crippen LogP contribution in [0.5, 0.6) is 0 Å². The van der Waals surface area contributed by atoms with Crippen molar-refractivity contribution < 1.29 is 23.9 Å². The first-order valence-electron chi connectivity index (χ1n) is 7.46. The Hall–Kier alpha value is -2.31. The highest BCUT2D eigenvalue weighted by molar-refractivity contribution is 5.97. The van der Waals surface area contributed by atoms with Gasteiger partial charge in [0.15, 0.2) is 5.76 Å². The summed E-state index contributed by atoms with van der Waals surface area (Å²) < 4.78 is 5.32. The van der Waals surface area contributed by atoms with Gasteiger partial charge >= 0.3 is 5.97 Å². The lowest BCUT2D eigenvalue weighted by Gasteiger charge is -2.15. The van der Waals surface area contributed by atoms with Crippen LogP contribution < -0.4 is 5.32 Å². The SMILES string of the molecule is CCc1oc(C(=O)NC2CC(=O)N(C3CC3)C2)cc1C(=O)O. The number of carbonyl (C=O) groups is 3. The highest BCUT2D eigenvalue weighted by Gasteiger charge is 2.40. The second-order valence-electron chi connectivity index (χ2n) is 5.76. The van der Waals surface area contributed by atoms with Gasteiger partial charge in [0, 0.05) is 31.5 Å². The highest BCUT2D eigenvalue weighted by atomic mass is 16.4. The van der Waals surface area contributed by atoms with E-state index in [0.717, 1.165) is 12.8 Å². The fraction of sp³-hybridized carbons (Fsp3) is 0.533. The van der Waals surface area contributed by atoms with E-state index in [1.54, 1.807) is 6.92 Å². The van der Waals surface area contributed by atoms with Gasteiger partial charge in [0.25, 0.3) is 5.91 Å². The smallest absolute Gasteiger partial charge is 0.339 e. The second-order valence-corrected chi connectivity index (χ2v) is 5.76. The Labute approximate surface area is 127 Å². The number of likely N-dealkylation sites (tertiary alicyclic amines) is 1. The standard InChI is InChI=1S/C15H18N2O5/c1-2-11-10(15(20)21)6-12(22-11)14(19)16-8-5-13(18)17(7-8)9-3-4-9/h6,8-9H,2-5,7H2,1H3,(H,16,19)(H,20,21). The zero-order valence-electron chi connectivity index (χ0n) is 12.3. The number of furan rings is 1. The van der Waals surface area contributed by atoms with Gasteiger partial charge in [-0.25, -0.2) is 4.79 Å². The van der Waals surface area contributed by atoms with Crippen molar-refractivity contribution in [2.45, 2.75) is 44.7 Å². The molecule has 1 unspecified atom stereocenters. The molecule has 1 aliphatic heterocycles. The molecule has 2 heterocycles. The first kappa shape index (κ1) is 14.6. The number of nitrogens with one attached hydrogen (secondary N) is 1. The number of amides is 2. The van der Waals surface area contributed by atoms with Crippen LogP contribution in [0.15, 0.2) is 10.5 Å². The van der Waals surface area contributed by atoms with Crippen molar-refractivity contribution in [3.05, 3.63) is 23.2 Å². The number of hydrogen-bond acceptors (Lipinski definition) is 4. The minimum Gasteiger partial charge on any atom is -0.478 e. The molecule has 118 valence electrons. The van der Waals surface area contributed by atoms with Gasteiger partial charge in [-0.3, -0.25) is 9.59 Å². The molecular weight excluding hydrogens is 288 g/mol. The van der Waals surface area contributed by atoms with E-state index in [0.29, 0.717) is 19.0 Å². The van der Waals surface area contributed by atoms with Gasteiger partial charge in [0.05, 0.1) is 6.04 Å². The Morgan fingerprint density at radius 3 is 2.73 bits per heavy atom. The largest absolute Gasteiger partial charge is 0.478 e. The predicted octanol–water partition coefficient (Wildman–Crippen LogP) is 1.03. The van der Waals surface area contributed by atoms with Gasteiger partial charge in [-0.1, -0.05) is 6.92 Å². The summed E-state index contributed by atoms with van der Waals surface area (Å²) >= 11 is 0. The topological polar surface area (TPSA) is 99.9 Å². The number of carboxylic acid groups (broad SMARTS) is 1. The van der Waals surface area contributed by atoms with E-state index < -0.39 is 11.9 Å². The molecule has 2 N–H and O–H groups in total. The van der Waals surface area contributed by atoms with Crippen LogP contribution in [-0.2, 0) is 11.2 Å². The van der Waals surface area contributed by atoms with Gasteiger partial charge in [-0.15, -0.1) is 0 Å². The lowest BCUT2D eigenvalue weighted by atomic mass is 10.2. The van der Waals surface area contributed by atoms with Gasteiger partial charge in [0.1, 0.15) is 11.3 Å². The molecule has 0 aromatic carbocycles. The number of hydrogen-bond donors (Lipinski definition) is 2. The Kier molecular flexibility index (Phi) is 3.64. The quantitative estimate of drug-likeness (QED) is 0.846. The maximum Gasteiger partial charge on any atom is 0.339 e. The van der Waals surface area contributed by atoms with Gasteiger partial charge in [-0.2, -0.15) is 0 Å². The fourth-order valence-corrected chi connectivity index (χ4v) is 2.81. The van der Waals surface area contributed by atoms with E-state index >= 15 is 0 Å². The monoisotopic (exact) mass is 306 g/mol. The van der Waals surface area contributed by atoms with Crippen LogP contribution in [-0.4, -0.2) is 46.4 Å². The van der Waals surface area contributed by atoms with Crippen molar-refractivity contribution in [3.8, 4) is 0 Å². The molecule has 1 aliphatic carbocycles. The van der Waals surface area contributed by atoms with Crippen molar-refractivity contribution >= 4 is 17.8 Å². The summed E-state index contributed by atoms with van der Waals surface area (Å²) in [5, 5.41) is 11.8. The third kappa shape index (κ3) is 2.70. The van der Waals surface area contributed by atoms with Crippen molar-refractivity contribution in [1.29, 1.82) is 0 Å². The van der Waals surface area contributed by atoms with Crippen molar-refractivity contribution in [2.75, 3.05) is 6.54 Å². The molecule has 2 amide bonds. The van der Waals surface area contributed by atoms with E-state index in [1.165, 1.54) is 6.07 Å². The van der Waals surface area contributed by atoms with Gasteiger partial charge in [0.2, 0.25) is 5.91 Å². The first-order chi connectivity index (χ1) is 10.5. The van der Waals surface area contributed by atoms with Gasteiger partial charge < -0.3 is 19.7 Å². The summed E-state index contributed by atoms with van der Waals surface area (Å²) in [5.41, 5.74) is 0.00903. The summed E-state index contributed by atoms with van der Waals surface area (Å²) in [4.78, 5) is 36.9. The minimum absolute atomic E-state index is 0.00903. The first-order valence-corrected chi connectivity index (χ1v) is 7.46. The van der Waals surface area contributed by atoms with Crippen LogP contribution in [0.3, 0.4) is 0 Å². The molecule has 0 spiro atoms. The number of rotatable bonds is 5. The number of aryl methyl sites for hydroxylation is 1. The molecule has 1 aromatic rings. The van der Waals surface area contributed by atoms with Crippen molar-refractivity contribution in [2.24, 2.45) is 0 Å². The Bertz CT molecular complexity index is 632. The average molecular weight is 306 g/mol. The molecule has 2 aliphatic rings. The minimum atomic E-state index is -1.12. The van der Waals surface area contributed by atoms with Crippen LogP contribution in [0.4, 0.5) is 0 Å². The highest BCUT2D eigenvalue weighted by Crippen LogP contribution is 2.30. The molecule has 7 heteroatoms. The molecule has 2 fully saturated rings. The van der Waals surface area contributed by atoms with Crippen LogP contribution in [0, 0.1) is 0 Å². The number of carboxylic acids is 1. The summed E-state index contributed by atoms with van der Waals surface area (Å²) in [6, 6.07) is 1.33. The Morgan fingerprint density at radius 1 is 1.45 bits per heavy atom. The number of carbonyl (C=O) groups excluding carboxylic acids is 2. The lowest BCUT2D eigenvalue weighted by molar-refractivity contribution is -0.128. The van der Waals surface area contributed by atoms with E-state index in [9.17, 15) is 14.4 Å². The fourth-order valence-electron chi connectivity index (χ4n) is 2.81. The molecule has 7 nitrogen and oxygen atoms in total. The van der Waals surface area contributed by atoms with Crippen LogP contribution in [0.1, 0.15) is 52.9 Å². The van der Waals surface area contributed by atoms with Crippen LogP contribution in [0.25, 0.3) is 0 Å². The molecule has 3 rings (SSSR count). The van der Waals surface area contributed by atoms with Crippen molar-refractivity contribution in [1.82, 2.24) is 10.2 Å². The number of aromatic carboxylic acids is 1. The molecule has 1 atom stereocenters. The Morgan fingerprint density at radius 2 is 2.18 bits per heavy atom. The van der Waals surface area contributed by atoms with E-state index in [2.05, 4.69) is 5.32 Å². The molecule has 0 radical (unpaired) electrons. The van der Waals surface area contributed by atoms with E-state index in [1.807, 2.05) is 4.90 Å². The summed E-state index contributed by atoms with van der Waals surface area (Å²) in [6.07, 6.45) is 2.75. The molecule has 22 heavy (non-hydrogen) atoms. The van der Waals surface area contributed by atoms with E-state index in [-0.39, 0.29) is 35.5 Å². The lowest BCUT2D eigenvalue weighted by Crippen LogP contribution is -2.37. The third-order valence-corrected chi connectivity index (χ3v) is 4.07. The zero-order chi connectivity index (χ0) is 15.9. The molecule has 1 saturated carbocycles. The maximum absolute atomic E-state index is 12.2. The molecule has 1 saturated heterocycles. The molecule has 0 bridgehead atoms. The zero-order valence-corrected chi connectivity index (χ0v) is 12.3. The average Bonchev–Trinajstić information content (AvgIpc) is 3.10. The van der Waals surface area contributed by atoms with Crippen molar-refractivity contribution in [3.63, 3.8) is 0 Å². The second kappa shape index (κ2) is 5.47. The number of nitrogens with zero attached hydrogens (tertiary/aromatic N) is 1. The van der Waals surface area contributed by atoms with Crippen LogP contribution in [0.2, 0.25) is 0 Å². The van der Waals surface area contributed by atoms with E-state index in [4.69, 9.17) is 9.52 Å². The Balaban J connectivity index is 1.67. The maximum atomic E-state index is 12.2.